The molecule has 5 nitrogen and oxygen atoms in total. The zero-order valence-electron chi connectivity index (χ0n) is 14.5. The first-order valence-corrected chi connectivity index (χ1v) is 9.08. The van der Waals surface area contributed by atoms with Gasteiger partial charge in [0.05, 0.1) is 10.9 Å². The van der Waals surface area contributed by atoms with Crippen LogP contribution in [0, 0.1) is 0 Å². The van der Waals surface area contributed by atoms with Crippen LogP contribution in [0.1, 0.15) is 42.1 Å². The van der Waals surface area contributed by atoms with E-state index in [0.29, 0.717) is 23.1 Å². The number of rotatable bonds is 5. The van der Waals surface area contributed by atoms with Crippen molar-refractivity contribution in [3.05, 3.63) is 69.8 Å². The molecule has 4 rings (SSSR count). The fourth-order valence-corrected chi connectivity index (χ4v) is 3.44. The molecule has 1 saturated carbocycles. The number of fused-ring (bicyclic) bond motifs is 1. The van der Waals surface area contributed by atoms with Gasteiger partial charge in [-0.05, 0) is 53.9 Å². The largest absolute Gasteiger partial charge is 0.488 e. The summed E-state index contributed by atoms with van der Waals surface area (Å²) in [7, 11) is -1.60. The van der Waals surface area contributed by atoms with Gasteiger partial charge in [-0.3, -0.25) is 4.79 Å². The fraction of sp³-hybridized carbons (Fsp3) is 0.300. The van der Waals surface area contributed by atoms with Crippen molar-refractivity contribution in [3.63, 3.8) is 0 Å². The number of H-pyrrole nitrogens is 1. The lowest BCUT2D eigenvalue weighted by Gasteiger charge is -2.25. The van der Waals surface area contributed by atoms with E-state index < -0.39 is 7.12 Å². The lowest BCUT2D eigenvalue weighted by atomic mass is 9.80. The number of hydrogen-bond donors (Lipinski definition) is 3. The molecule has 0 unspecified atom stereocenters. The van der Waals surface area contributed by atoms with Crippen LogP contribution in [0.3, 0.4) is 0 Å². The molecule has 0 aliphatic heterocycles. The van der Waals surface area contributed by atoms with E-state index in [4.69, 9.17) is 0 Å². The molecule has 3 N–H and O–H groups in total. The Hall–Kier alpha value is -2.44. The molecule has 0 saturated heterocycles. The molecule has 1 aliphatic carbocycles. The van der Waals surface area contributed by atoms with Gasteiger partial charge in [0.2, 0.25) is 0 Å². The maximum absolute atomic E-state index is 12.3. The third-order valence-electron chi connectivity index (χ3n) is 5.28. The van der Waals surface area contributed by atoms with E-state index in [-0.39, 0.29) is 11.0 Å². The Balaban J connectivity index is 1.50. The minimum absolute atomic E-state index is 0.257. The van der Waals surface area contributed by atoms with Gasteiger partial charge in [0, 0.05) is 6.42 Å². The SMILES string of the molecule is O=c1[nH]c(CCc2ccc(C3CCC3)cc2)nc2ccc(B(O)O)cc12. The standard InChI is InChI=1S/C20H21BN2O3/c24-20-17-12-16(21(25)26)9-10-18(17)22-19(23-20)11-6-13-4-7-15(8-5-13)14-2-1-3-14/h4-5,7-10,12,14,25-26H,1-3,6,11H2,(H,22,23,24). The molecule has 0 radical (unpaired) electrons. The number of benzene rings is 2. The van der Waals surface area contributed by atoms with Gasteiger partial charge < -0.3 is 15.0 Å². The summed E-state index contributed by atoms with van der Waals surface area (Å²) in [6, 6.07) is 13.5. The Kier molecular flexibility index (Phi) is 4.61. The molecule has 0 bridgehead atoms. The van der Waals surface area contributed by atoms with Gasteiger partial charge in [0.1, 0.15) is 5.82 Å². The Morgan fingerprint density at radius 1 is 1.08 bits per heavy atom. The summed E-state index contributed by atoms with van der Waals surface area (Å²) in [5, 5.41) is 18.8. The first-order valence-electron chi connectivity index (χ1n) is 9.08. The zero-order valence-corrected chi connectivity index (χ0v) is 14.5. The van der Waals surface area contributed by atoms with E-state index >= 15 is 0 Å². The number of nitrogens with zero attached hydrogens (tertiary/aromatic N) is 1. The molecular formula is C20H21BN2O3. The summed E-state index contributed by atoms with van der Waals surface area (Å²) in [6.07, 6.45) is 5.41. The number of aromatic amines is 1. The Morgan fingerprint density at radius 3 is 2.50 bits per heavy atom. The van der Waals surface area contributed by atoms with E-state index in [1.165, 1.54) is 36.5 Å². The van der Waals surface area contributed by atoms with Gasteiger partial charge in [-0.25, -0.2) is 4.98 Å². The molecule has 132 valence electrons. The van der Waals surface area contributed by atoms with Crippen LogP contribution in [-0.4, -0.2) is 27.1 Å². The van der Waals surface area contributed by atoms with Crippen LogP contribution in [0.5, 0.6) is 0 Å². The van der Waals surface area contributed by atoms with E-state index in [2.05, 4.69) is 34.2 Å². The van der Waals surface area contributed by atoms with E-state index in [9.17, 15) is 14.8 Å². The molecule has 2 aromatic carbocycles. The van der Waals surface area contributed by atoms with Crippen molar-refractivity contribution in [2.75, 3.05) is 0 Å². The molecule has 3 aromatic rings. The molecule has 26 heavy (non-hydrogen) atoms. The summed E-state index contributed by atoms with van der Waals surface area (Å²) in [6.45, 7) is 0. The minimum Gasteiger partial charge on any atom is -0.423 e. The molecular weight excluding hydrogens is 327 g/mol. The van der Waals surface area contributed by atoms with Crippen molar-refractivity contribution in [2.24, 2.45) is 0 Å². The highest BCUT2D eigenvalue weighted by Gasteiger charge is 2.19. The average Bonchev–Trinajstić information content (AvgIpc) is 2.59. The molecule has 0 amide bonds. The van der Waals surface area contributed by atoms with E-state index in [0.717, 1.165) is 12.3 Å². The quantitative estimate of drug-likeness (QED) is 0.612. The monoisotopic (exact) mass is 348 g/mol. The lowest BCUT2D eigenvalue weighted by Crippen LogP contribution is -2.30. The lowest BCUT2D eigenvalue weighted by molar-refractivity contribution is 0.419. The minimum atomic E-state index is -1.60. The van der Waals surface area contributed by atoms with Crippen molar-refractivity contribution in [1.29, 1.82) is 0 Å². The molecule has 1 aromatic heterocycles. The van der Waals surface area contributed by atoms with E-state index in [1.54, 1.807) is 12.1 Å². The molecule has 1 fully saturated rings. The zero-order chi connectivity index (χ0) is 18.1. The van der Waals surface area contributed by atoms with Crippen LogP contribution in [0.4, 0.5) is 0 Å². The summed E-state index contributed by atoms with van der Waals surface area (Å²) < 4.78 is 0. The van der Waals surface area contributed by atoms with Crippen LogP contribution in [0.2, 0.25) is 0 Å². The van der Waals surface area contributed by atoms with Crippen molar-refractivity contribution in [1.82, 2.24) is 9.97 Å². The highest BCUT2D eigenvalue weighted by atomic mass is 16.4. The fourth-order valence-electron chi connectivity index (χ4n) is 3.44. The Morgan fingerprint density at radius 2 is 1.85 bits per heavy atom. The highest BCUT2D eigenvalue weighted by molar-refractivity contribution is 6.58. The van der Waals surface area contributed by atoms with Crippen LogP contribution in [-0.2, 0) is 12.8 Å². The molecule has 6 heteroatoms. The van der Waals surface area contributed by atoms with Crippen molar-refractivity contribution < 1.29 is 10.0 Å². The van der Waals surface area contributed by atoms with Gasteiger partial charge >= 0.3 is 7.12 Å². The second kappa shape index (κ2) is 7.06. The van der Waals surface area contributed by atoms with Gasteiger partial charge in [0.15, 0.2) is 0 Å². The number of aryl methyl sites for hydroxylation is 2. The first-order chi connectivity index (χ1) is 12.6. The summed E-state index contributed by atoms with van der Waals surface area (Å²) in [5.74, 6) is 1.38. The van der Waals surface area contributed by atoms with E-state index in [1.807, 2.05) is 0 Å². The highest BCUT2D eigenvalue weighted by Crippen LogP contribution is 2.36. The van der Waals surface area contributed by atoms with Crippen LogP contribution in [0.15, 0.2) is 47.3 Å². The molecule has 1 heterocycles. The second-order valence-electron chi connectivity index (χ2n) is 7.03. The third-order valence-corrected chi connectivity index (χ3v) is 5.28. The predicted molar refractivity (Wildman–Crippen MR) is 103 cm³/mol. The predicted octanol–water partition coefficient (Wildman–Crippen LogP) is 1.66. The molecule has 0 atom stereocenters. The summed E-state index contributed by atoms with van der Waals surface area (Å²) in [4.78, 5) is 19.6. The maximum atomic E-state index is 12.3. The normalized spacial score (nSPS) is 14.4. The van der Waals surface area contributed by atoms with Crippen molar-refractivity contribution in [3.8, 4) is 0 Å². The van der Waals surface area contributed by atoms with Gasteiger partial charge in [-0.15, -0.1) is 0 Å². The van der Waals surface area contributed by atoms with Gasteiger partial charge in [-0.1, -0.05) is 36.8 Å². The van der Waals surface area contributed by atoms with Gasteiger partial charge in [0.25, 0.3) is 5.56 Å². The summed E-state index contributed by atoms with van der Waals surface area (Å²) >= 11 is 0. The number of aromatic nitrogens is 2. The Bertz CT molecular complexity index is 979. The third kappa shape index (κ3) is 3.43. The first kappa shape index (κ1) is 17.0. The van der Waals surface area contributed by atoms with Crippen molar-refractivity contribution >= 4 is 23.5 Å². The Labute approximate surface area is 151 Å². The maximum Gasteiger partial charge on any atom is 0.488 e. The topological polar surface area (TPSA) is 86.2 Å². The van der Waals surface area contributed by atoms with Crippen LogP contribution in [0.25, 0.3) is 10.9 Å². The second-order valence-corrected chi connectivity index (χ2v) is 7.03. The summed E-state index contributed by atoms with van der Waals surface area (Å²) in [5.41, 5.74) is 3.25. The van der Waals surface area contributed by atoms with Crippen molar-refractivity contribution in [2.45, 2.75) is 38.0 Å². The smallest absolute Gasteiger partial charge is 0.423 e. The van der Waals surface area contributed by atoms with Gasteiger partial charge in [-0.2, -0.15) is 0 Å². The average molecular weight is 348 g/mol. The molecule has 0 spiro atoms. The number of nitrogens with one attached hydrogen (secondary N) is 1. The van der Waals surface area contributed by atoms with Crippen LogP contribution < -0.4 is 11.0 Å². The van der Waals surface area contributed by atoms with Crippen LogP contribution >= 0.6 is 0 Å². The number of hydrogen-bond acceptors (Lipinski definition) is 4. The molecule has 1 aliphatic rings.